The van der Waals surface area contributed by atoms with E-state index in [2.05, 4.69) is 25.5 Å². The second-order valence-corrected chi connectivity index (χ2v) is 4.68. The highest BCUT2D eigenvalue weighted by Crippen LogP contribution is 2.28. The number of fused-ring (bicyclic) bond motifs is 3. The summed E-state index contributed by atoms with van der Waals surface area (Å²) in [5.74, 6) is 0.776. The first-order valence-corrected chi connectivity index (χ1v) is 6.49. The molecule has 21 heavy (non-hydrogen) atoms. The number of hydrogen-bond acceptors (Lipinski definition) is 4. The predicted octanol–water partition coefficient (Wildman–Crippen LogP) is 2.54. The molecule has 0 amide bonds. The molecule has 0 radical (unpaired) electrons. The van der Waals surface area contributed by atoms with Crippen molar-refractivity contribution in [3.8, 4) is 0 Å². The highest BCUT2D eigenvalue weighted by molar-refractivity contribution is 6.10. The molecule has 0 bridgehead atoms. The maximum absolute atomic E-state index is 12.1. The third kappa shape index (κ3) is 1.85. The van der Waals surface area contributed by atoms with Gasteiger partial charge >= 0.3 is 0 Å². The van der Waals surface area contributed by atoms with Gasteiger partial charge in [0.05, 0.1) is 11.9 Å². The molecule has 3 heterocycles. The van der Waals surface area contributed by atoms with Gasteiger partial charge in [-0.05, 0) is 12.1 Å². The van der Waals surface area contributed by atoms with Gasteiger partial charge in [0.15, 0.2) is 0 Å². The largest absolute Gasteiger partial charge is 0.340 e. The van der Waals surface area contributed by atoms with Crippen LogP contribution in [0.15, 0.2) is 53.6 Å². The predicted molar refractivity (Wildman–Crippen MR) is 81.7 cm³/mol. The number of pyridine rings is 2. The fraction of sp³-hybridized carbons (Fsp3) is 0. The molecule has 6 heteroatoms. The molecule has 0 fully saturated rings. The van der Waals surface area contributed by atoms with Crippen molar-refractivity contribution in [3.05, 3.63) is 59.1 Å². The van der Waals surface area contributed by atoms with E-state index in [0.717, 1.165) is 22.3 Å². The minimum Gasteiger partial charge on any atom is -0.340 e. The summed E-state index contributed by atoms with van der Waals surface area (Å²) in [5.41, 5.74) is 1.28. The summed E-state index contributed by atoms with van der Waals surface area (Å²) in [6.07, 6.45) is 3.33. The van der Waals surface area contributed by atoms with Crippen molar-refractivity contribution in [1.82, 2.24) is 20.2 Å². The number of hydrogen-bond donors (Lipinski definition) is 3. The number of H-pyrrole nitrogens is 2. The molecule has 6 nitrogen and oxygen atoms in total. The fourth-order valence-electron chi connectivity index (χ4n) is 2.48. The van der Waals surface area contributed by atoms with E-state index in [1.165, 1.54) is 0 Å². The maximum atomic E-state index is 12.1. The van der Waals surface area contributed by atoms with E-state index in [9.17, 15) is 4.79 Å². The molecule has 3 N–H and O–H groups in total. The van der Waals surface area contributed by atoms with Crippen molar-refractivity contribution in [2.24, 2.45) is 0 Å². The summed E-state index contributed by atoms with van der Waals surface area (Å²) in [6.45, 7) is 0. The first-order chi connectivity index (χ1) is 10.3. The summed E-state index contributed by atoms with van der Waals surface area (Å²) < 4.78 is 0. The second kappa shape index (κ2) is 4.45. The molecule has 0 aliphatic heterocycles. The van der Waals surface area contributed by atoms with Gasteiger partial charge < -0.3 is 10.3 Å². The molecule has 0 aliphatic rings. The normalized spacial score (nSPS) is 11.0. The summed E-state index contributed by atoms with van der Waals surface area (Å²) in [4.78, 5) is 19.2. The first kappa shape index (κ1) is 11.7. The maximum Gasteiger partial charge on any atom is 0.257 e. The van der Waals surface area contributed by atoms with E-state index in [4.69, 9.17) is 0 Å². The number of benzene rings is 1. The van der Waals surface area contributed by atoms with E-state index in [1.54, 1.807) is 18.5 Å². The van der Waals surface area contributed by atoms with Crippen molar-refractivity contribution >= 4 is 33.3 Å². The molecule has 102 valence electrons. The standard InChI is InChI=1S/C15H11N5O/c21-15-10-4-2-1-3-9(10)13-11(5-7-16-14(13)19-15)18-12-6-8-17-20-12/h1-8H,(H3,16,17,18,19,20,21). The number of nitrogens with one attached hydrogen (secondary N) is 3. The van der Waals surface area contributed by atoms with Crippen molar-refractivity contribution in [1.29, 1.82) is 0 Å². The molecule has 0 unspecified atom stereocenters. The lowest BCUT2D eigenvalue weighted by Gasteiger charge is -2.09. The number of aromatic nitrogens is 4. The van der Waals surface area contributed by atoms with Crippen LogP contribution in [0.5, 0.6) is 0 Å². The van der Waals surface area contributed by atoms with E-state index in [1.807, 2.05) is 30.3 Å². The number of nitrogens with zero attached hydrogens (tertiary/aromatic N) is 2. The highest BCUT2D eigenvalue weighted by atomic mass is 16.1. The SMILES string of the molecule is O=c1[nH]c2nccc(Nc3ccn[nH]3)c2c2ccccc12. The van der Waals surface area contributed by atoms with E-state index >= 15 is 0 Å². The Labute approximate surface area is 118 Å². The average molecular weight is 277 g/mol. The smallest absolute Gasteiger partial charge is 0.257 e. The van der Waals surface area contributed by atoms with Crippen molar-refractivity contribution in [3.63, 3.8) is 0 Å². The van der Waals surface area contributed by atoms with Crippen LogP contribution in [0.25, 0.3) is 21.8 Å². The number of anilines is 2. The zero-order valence-corrected chi connectivity index (χ0v) is 10.9. The van der Waals surface area contributed by atoms with Crippen LogP contribution in [0.3, 0.4) is 0 Å². The Balaban J connectivity index is 2.08. The average Bonchev–Trinajstić information content (AvgIpc) is 3.00. The first-order valence-electron chi connectivity index (χ1n) is 6.49. The molecular formula is C15H11N5O. The van der Waals surface area contributed by atoms with E-state index in [0.29, 0.717) is 11.0 Å². The molecule has 4 aromatic rings. The molecule has 0 aliphatic carbocycles. The van der Waals surface area contributed by atoms with Crippen molar-refractivity contribution in [2.75, 3.05) is 5.32 Å². The lowest BCUT2D eigenvalue weighted by molar-refractivity contribution is 1.09. The minimum atomic E-state index is -0.135. The van der Waals surface area contributed by atoms with Crippen LogP contribution < -0.4 is 10.9 Å². The molecule has 1 aromatic carbocycles. The Morgan fingerprint density at radius 1 is 1.00 bits per heavy atom. The molecule has 4 rings (SSSR count). The van der Waals surface area contributed by atoms with Gasteiger partial charge in [-0.2, -0.15) is 5.10 Å². The molecular weight excluding hydrogens is 266 g/mol. The van der Waals surface area contributed by atoms with E-state index in [-0.39, 0.29) is 5.56 Å². The van der Waals surface area contributed by atoms with Gasteiger partial charge in [-0.1, -0.05) is 18.2 Å². The zero-order chi connectivity index (χ0) is 14.2. The lowest BCUT2D eigenvalue weighted by atomic mass is 10.1. The van der Waals surface area contributed by atoms with Crippen LogP contribution in [0.2, 0.25) is 0 Å². The zero-order valence-electron chi connectivity index (χ0n) is 10.9. The summed E-state index contributed by atoms with van der Waals surface area (Å²) in [7, 11) is 0. The summed E-state index contributed by atoms with van der Waals surface area (Å²) >= 11 is 0. The fourth-order valence-corrected chi connectivity index (χ4v) is 2.48. The lowest BCUT2D eigenvalue weighted by Crippen LogP contribution is -2.08. The molecule has 3 aromatic heterocycles. The molecule has 0 saturated carbocycles. The van der Waals surface area contributed by atoms with Crippen molar-refractivity contribution in [2.45, 2.75) is 0 Å². The third-order valence-electron chi connectivity index (χ3n) is 3.39. The molecule has 0 spiro atoms. The Kier molecular flexibility index (Phi) is 2.47. The number of aromatic amines is 2. The second-order valence-electron chi connectivity index (χ2n) is 4.68. The minimum absolute atomic E-state index is 0.135. The van der Waals surface area contributed by atoms with Gasteiger partial charge in [-0.15, -0.1) is 0 Å². The van der Waals surface area contributed by atoms with Gasteiger partial charge in [0.2, 0.25) is 0 Å². The quantitative estimate of drug-likeness (QED) is 0.491. The molecule has 0 atom stereocenters. The monoisotopic (exact) mass is 277 g/mol. The molecule has 0 saturated heterocycles. The van der Waals surface area contributed by atoms with Gasteiger partial charge in [0, 0.05) is 28.4 Å². The van der Waals surface area contributed by atoms with Gasteiger partial charge in [-0.3, -0.25) is 9.89 Å². The Morgan fingerprint density at radius 2 is 1.86 bits per heavy atom. The topological polar surface area (TPSA) is 86.5 Å². The van der Waals surface area contributed by atoms with Gasteiger partial charge in [0.25, 0.3) is 5.56 Å². The summed E-state index contributed by atoms with van der Waals surface area (Å²) in [5, 5.41) is 12.4. The summed E-state index contributed by atoms with van der Waals surface area (Å²) in [6, 6.07) is 11.2. The van der Waals surface area contributed by atoms with Crippen LogP contribution >= 0.6 is 0 Å². The van der Waals surface area contributed by atoms with Crippen LogP contribution in [0, 0.1) is 0 Å². The van der Waals surface area contributed by atoms with Crippen LogP contribution in [0.4, 0.5) is 11.5 Å². The van der Waals surface area contributed by atoms with Gasteiger partial charge in [0.1, 0.15) is 11.5 Å². The Morgan fingerprint density at radius 3 is 2.67 bits per heavy atom. The Hall–Kier alpha value is -3.15. The Bertz CT molecular complexity index is 988. The van der Waals surface area contributed by atoms with Crippen LogP contribution in [0.1, 0.15) is 0 Å². The highest BCUT2D eigenvalue weighted by Gasteiger charge is 2.10. The third-order valence-corrected chi connectivity index (χ3v) is 3.39. The van der Waals surface area contributed by atoms with Crippen LogP contribution in [-0.4, -0.2) is 20.2 Å². The van der Waals surface area contributed by atoms with Gasteiger partial charge in [-0.25, -0.2) is 4.98 Å². The number of rotatable bonds is 2. The van der Waals surface area contributed by atoms with E-state index < -0.39 is 0 Å². The van der Waals surface area contributed by atoms with Crippen molar-refractivity contribution < 1.29 is 0 Å². The van der Waals surface area contributed by atoms with Crippen LogP contribution in [-0.2, 0) is 0 Å².